The maximum Gasteiger partial charge on any atom is 0.338 e. The first-order valence-electron chi connectivity index (χ1n) is 10.3. The van der Waals surface area contributed by atoms with Gasteiger partial charge in [-0.05, 0) is 56.3 Å². The molecule has 3 amide bonds. The van der Waals surface area contributed by atoms with Crippen molar-refractivity contribution >= 4 is 45.8 Å². The fourth-order valence-corrected chi connectivity index (χ4v) is 3.80. The van der Waals surface area contributed by atoms with Gasteiger partial charge in [-0.3, -0.25) is 24.5 Å². The van der Waals surface area contributed by atoms with E-state index in [2.05, 4.69) is 5.32 Å². The molecule has 1 aliphatic rings. The summed E-state index contributed by atoms with van der Waals surface area (Å²) in [6.07, 6.45) is 0. The number of ether oxygens (including phenoxy) is 1. The minimum absolute atomic E-state index is 0.0905. The Hall–Kier alpha value is -4.60. The maximum atomic E-state index is 13.2. The zero-order chi connectivity index (χ0) is 24.6. The summed E-state index contributed by atoms with van der Waals surface area (Å²) in [6, 6.07) is 12.6. The molecule has 1 heterocycles. The fraction of sp³-hybridized carbons (Fsp3) is 0.167. The van der Waals surface area contributed by atoms with Crippen LogP contribution in [0.1, 0.15) is 44.9 Å². The van der Waals surface area contributed by atoms with Crippen molar-refractivity contribution in [1.29, 1.82) is 0 Å². The number of nitrogens with zero attached hydrogens (tertiary/aromatic N) is 2. The van der Waals surface area contributed by atoms with Gasteiger partial charge in [0.05, 0.1) is 21.6 Å². The lowest BCUT2D eigenvalue weighted by Gasteiger charge is -2.27. The van der Waals surface area contributed by atoms with Crippen LogP contribution in [-0.2, 0) is 9.53 Å². The Balaban J connectivity index is 1.61. The van der Waals surface area contributed by atoms with Crippen LogP contribution < -0.4 is 10.2 Å². The lowest BCUT2D eigenvalue weighted by Crippen LogP contribution is -2.40. The van der Waals surface area contributed by atoms with E-state index in [0.717, 1.165) is 4.90 Å². The molecule has 1 aliphatic heterocycles. The molecule has 0 bridgehead atoms. The highest BCUT2D eigenvalue weighted by Crippen LogP contribution is 2.36. The summed E-state index contributed by atoms with van der Waals surface area (Å²) in [5.74, 6) is -2.43. The van der Waals surface area contributed by atoms with Gasteiger partial charge in [-0.2, -0.15) is 0 Å². The highest BCUT2D eigenvalue weighted by molar-refractivity contribution is 6.36. The van der Waals surface area contributed by atoms with E-state index in [0.29, 0.717) is 0 Å². The molecule has 0 fully saturated rings. The summed E-state index contributed by atoms with van der Waals surface area (Å²) in [5, 5.41) is 14.4. The molecule has 0 atom stereocenters. The average Bonchev–Trinajstić information content (AvgIpc) is 2.80. The standard InChI is InChI=1S/C24H19N3O7/c1-13(2)25-20(28)12-34-24(31)14-6-8-15(9-7-14)26-22(29)17-5-3-4-16-19(27(32)33)11-10-18(21(16)17)23(26)30/h3-11,13H,12H2,1-2H3,(H,25,28). The van der Waals surface area contributed by atoms with Crippen molar-refractivity contribution in [3.8, 4) is 0 Å². The Labute approximate surface area is 193 Å². The minimum atomic E-state index is -0.732. The molecule has 0 saturated heterocycles. The summed E-state index contributed by atoms with van der Waals surface area (Å²) < 4.78 is 4.98. The smallest absolute Gasteiger partial charge is 0.338 e. The number of carbonyl (C=O) groups excluding carboxylic acids is 4. The highest BCUT2D eigenvalue weighted by Gasteiger charge is 2.35. The number of anilines is 1. The molecule has 0 radical (unpaired) electrons. The molecule has 1 N–H and O–H groups in total. The van der Waals surface area contributed by atoms with E-state index >= 15 is 0 Å². The fourth-order valence-electron chi connectivity index (χ4n) is 3.80. The second kappa shape index (κ2) is 8.74. The Morgan fingerprint density at radius 1 is 1.00 bits per heavy atom. The van der Waals surface area contributed by atoms with E-state index in [4.69, 9.17) is 4.74 Å². The molecule has 0 aromatic heterocycles. The molecule has 0 saturated carbocycles. The van der Waals surface area contributed by atoms with Gasteiger partial charge in [-0.1, -0.05) is 6.07 Å². The average molecular weight is 461 g/mol. The number of nitro benzene ring substituents is 1. The number of hydrogen-bond donors (Lipinski definition) is 1. The van der Waals surface area contributed by atoms with Crippen molar-refractivity contribution < 1.29 is 28.8 Å². The first-order chi connectivity index (χ1) is 16.2. The van der Waals surface area contributed by atoms with E-state index in [-0.39, 0.29) is 44.9 Å². The molecule has 3 aromatic carbocycles. The van der Waals surface area contributed by atoms with Gasteiger partial charge < -0.3 is 10.1 Å². The highest BCUT2D eigenvalue weighted by atomic mass is 16.6. The number of non-ortho nitro benzene ring substituents is 1. The van der Waals surface area contributed by atoms with E-state index < -0.39 is 35.2 Å². The number of benzene rings is 3. The van der Waals surface area contributed by atoms with Crippen LogP contribution in [-0.4, -0.2) is 41.3 Å². The van der Waals surface area contributed by atoms with Crippen LogP contribution in [0.3, 0.4) is 0 Å². The maximum absolute atomic E-state index is 13.2. The van der Waals surface area contributed by atoms with Crippen LogP contribution in [0.5, 0.6) is 0 Å². The third kappa shape index (κ3) is 3.96. The normalized spacial score (nSPS) is 12.7. The number of nitrogens with one attached hydrogen (secondary N) is 1. The van der Waals surface area contributed by atoms with Crippen LogP contribution in [0.4, 0.5) is 11.4 Å². The van der Waals surface area contributed by atoms with Crippen molar-refractivity contribution in [3.05, 3.63) is 81.4 Å². The number of hydrogen-bond acceptors (Lipinski definition) is 7. The van der Waals surface area contributed by atoms with Gasteiger partial charge in [0.15, 0.2) is 6.61 Å². The zero-order valence-electron chi connectivity index (χ0n) is 18.2. The van der Waals surface area contributed by atoms with Gasteiger partial charge >= 0.3 is 5.97 Å². The van der Waals surface area contributed by atoms with E-state index in [1.165, 1.54) is 54.6 Å². The van der Waals surface area contributed by atoms with Gasteiger partial charge in [-0.25, -0.2) is 9.69 Å². The summed E-state index contributed by atoms with van der Waals surface area (Å²) in [5.41, 5.74) is 0.478. The van der Waals surface area contributed by atoms with Crippen molar-refractivity contribution in [1.82, 2.24) is 5.32 Å². The van der Waals surface area contributed by atoms with Crippen molar-refractivity contribution in [2.75, 3.05) is 11.5 Å². The van der Waals surface area contributed by atoms with Gasteiger partial charge in [-0.15, -0.1) is 0 Å². The SMILES string of the molecule is CC(C)NC(=O)COC(=O)c1ccc(N2C(=O)c3cccc4c([N+](=O)[O-])ccc(c34)C2=O)cc1. The summed E-state index contributed by atoms with van der Waals surface area (Å²) in [6.45, 7) is 3.12. The molecule has 4 rings (SSSR count). The van der Waals surface area contributed by atoms with Crippen molar-refractivity contribution in [2.45, 2.75) is 19.9 Å². The minimum Gasteiger partial charge on any atom is -0.452 e. The van der Waals surface area contributed by atoms with Crippen LogP contribution in [0.15, 0.2) is 54.6 Å². The topological polar surface area (TPSA) is 136 Å². The monoisotopic (exact) mass is 461 g/mol. The molecule has 0 unspecified atom stereocenters. The van der Waals surface area contributed by atoms with Gasteiger partial charge in [0.1, 0.15) is 0 Å². The number of carbonyl (C=O) groups is 4. The molecule has 172 valence electrons. The second-order valence-corrected chi connectivity index (χ2v) is 7.91. The summed E-state index contributed by atoms with van der Waals surface area (Å²) >= 11 is 0. The van der Waals surface area contributed by atoms with Gasteiger partial charge in [0, 0.05) is 28.6 Å². The summed E-state index contributed by atoms with van der Waals surface area (Å²) in [4.78, 5) is 62.0. The number of nitro groups is 1. The molecule has 3 aromatic rings. The predicted octanol–water partition coefficient (Wildman–Crippen LogP) is 3.23. The first-order valence-corrected chi connectivity index (χ1v) is 10.3. The molecular formula is C24H19N3O7. The Kier molecular flexibility index (Phi) is 5.80. The largest absolute Gasteiger partial charge is 0.452 e. The van der Waals surface area contributed by atoms with E-state index in [1.54, 1.807) is 13.8 Å². The van der Waals surface area contributed by atoms with E-state index in [9.17, 15) is 29.3 Å². The number of esters is 1. The molecular weight excluding hydrogens is 442 g/mol. The third-order valence-corrected chi connectivity index (χ3v) is 5.23. The zero-order valence-corrected chi connectivity index (χ0v) is 18.2. The Morgan fingerprint density at radius 3 is 2.26 bits per heavy atom. The van der Waals surface area contributed by atoms with Crippen LogP contribution in [0.25, 0.3) is 10.8 Å². The molecule has 10 nitrogen and oxygen atoms in total. The lowest BCUT2D eigenvalue weighted by molar-refractivity contribution is -0.383. The Bertz CT molecular complexity index is 1340. The number of rotatable bonds is 6. The number of imide groups is 1. The quantitative estimate of drug-likeness (QED) is 0.258. The lowest BCUT2D eigenvalue weighted by atomic mass is 9.92. The molecule has 0 spiro atoms. The van der Waals surface area contributed by atoms with Gasteiger partial charge in [0.25, 0.3) is 23.4 Å². The van der Waals surface area contributed by atoms with Crippen LogP contribution in [0.2, 0.25) is 0 Å². The molecule has 0 aliphatic carbocycles. The third-order valence-electron chi connectivity index (χ3n) is 5.23. The summed E-state index contributed by atoms with van der Waals surface area (Å²) in [7, 11) is 0. The molecule has 10 heteroatoms. The van der Waals surface area contributed by atoms with E-state index in [1.807, 2.05) is 0 Å². The second-order valence-electron chi connectivity index (χ2n) is 7.91. The van der Waals surface area contributed by atoms with Crippen molar-refractivity contribution in [2.24, 2.45) is 0 Å². The number of amides is 3. The van der Waals surface area contributed by atoms with Crippen LogP contribution >= 0.6 is 0 Å². The van der Waals surface area contributed by atoms with Crippen molar-refractivity contribution in [3.63, 3.8) is 0 Å². The van der Waals surface area contributed by atoms with Gasteiger partial charge in [0.2, 0.25) is 0 Å². The Morgan fingerprint density at radius 2 is 1.65 bits per heavy atom. The first kappa shape index (κ1) is 22.6. The molecule has 34 heavy (non-hydrogen) atoms. The van der Waals surface area contributed by atoms with Crippen LogP contribution in [0, 0.1) is 10.1 Å². The predicted molar refractivity (Wildman–Crippen MR) is 122 cm³/mol.